The Morgan fingerprint density at radius 2 is 1.95 bits per heavy atom. The van der Waals surface area contributed by atoms with Crippen LogP contribution in [0.15, 0.2) is 34.8 Å². The summed E-state index contributed by atoms with van der Waals surface area (Å²) in [6.45, 7) is 8.66. The van der Waals surface area contributed by atoms with Gasteiger partial charge in [-0.25, -0.2) is 4.98 Å². The molecule has 0 spiro atoms. The first-order valence-electron chi connectivity index (χ1n) is 6.77. The SMILES string of the molecule is C/C(=N/O)c1ccc(OCc2nc(C(C)(C)C)cs2)cc1. The van der Waals surface area contributed by atoms with Gasteiger partial charge in [-0.2, -0.15) is 0 Å². The van der Waals surface area contributed by atoms with Crippen LogP contribution in [0.25, 0.3) is 0 Å². The molecule has 0 saturated heterocycles. The summed E-state index contributed by atoms with van der Waals surface area (Å²) in [4.78, 5) is 4.60. The minimum atomic E-state index is 0.0670. The fraction of sp³-hybridized carbons (Fsp3) is 0.375. The quantitative estimate of drug-likeness (QED) is 0.523. The van der Waals surface area contributed by atoms with E-state index in [-0.39, 0.29) is 5.41 Å². The number of hydrogen-bond donors (Lipinski definition) is 1. The van der Waals surface area contributed by atoms with Gasteiger partial charge in [0.1, 0.15) is 17.4 Å². The van der Waals surface area contributed by atoms with Gasteiger partial charge in [0.25, 0.3) is 0 Å². The number of ether oxygens (including phenoxy) is 1. The number of benzene rings is 1. The van der Waals surface area contributed by atoms with Gasteiger partial charge in [-0.05, 0) is 36.8 Å². The standard InChI is InChI=1S/C16H20N2O2S/c1-11(18-19)12-5-7-13(8-6-12)20-9-15-17-14(10-21-15)16(2,3)4/h5-8,10,19H,9H2,1-4H3/b18-11-. The van der Waals surface area contributed by atoms with Gasteiger partial charge in [-0.15, -0.1) is 11.3 Å². The molecule has 0 aliphatic rings. The van der Waals surface area contributed by atoms with Gasteiger partial charge >= 0.3 is 0 Å². The monoisotopic (exact) mass is 304 g/mol. The van der Waals surface area contributed by atoms with Crippen molar-refractivity contribution in [2.75, 3.05) is 0 Å². The first-order valence-corrected chi connectivity index (χ1v) is 7.65. The number of hydrogen-bond acceptors (Lipinski definition) is 5. The zero-order chi connectivity index (χ0) is 15.5. The zero-order valence-electron chi connectivity index (χ0n) is 12.8. The van der Waals surface area contributed by atoms with Crippen LogP contribution < -0.4 is 4.74 Å². The summed E-state index contributed by atoms with van der Waals surface area (Å²) in [5, 5.41) is 15.0. The lowest BCUT2D eigenvalue weighted by Gasteiger charge is -2.14. The Hall–Kier alpha value is -1.88. The Bertz CT molecular complexity index is 624. The van der Waals surface area contributed by atoms with Crippen LogP contribution in [-0.4, -0.2) is 15.9 Å². The third-order valence-electron chi connectivity index (χ3n) is 3.10. The van der Waals surface area contributed by atoms with Crippen molar-refractivity contribution in [2.24, 2.45) is 5.16 Å². The summed E-state index contributed by atoms with van der Waals surface area (Å²) in [5.41, 5.74) is 2.61. The molecule has 1 heterocycles. The molecule has 0 fully saturated rings. The first-order chi connectivity index (χ1) is 9.90. The van der Waals surface area contributed by atoms with E-state index in [1.54, 1.807) is 18.3 Å². The van der Waals surface area contributed by atoms with Crippen LogP contribution in [0.1, 0.15) is 44.0 Å². The molecule has 2 aromatic rings. The minimum absolute atomic E-state index is 0.0670. The van der Waals surface area contributed by atoms with Crippen LogP contribution in [0.3, 0.4) is 0 Å². The van der Waals surface area contributed by atoms with Gasteiger partial charge < -0.3 is 9.94 Å². The molecule has 2 rings (SSSR count). The summed E-state index contributed by atoms with van der Waals surface area (Å²) in [6, 6.07) is 7.46. The highest BCUT2D eigenvalue weighted by Crippen LogP contribution is 2.24. The summed E-state index contributed by atoms with van der Waals surface area (Å²) < 4.78 is 5.73. The van der Waals surface area contributed by atoms with E-state index < -0.39 is 0 Å². The normalized spacial score (nSPS) is 12.5. The van der Waals surface area contributed by atoms with Gasteiger partial charge in [0.2, 0.25) is 0 Å². The lowest BCUT2D eigenvalue weighted by Crippen LogP contribution is -2.11. The molecule has 0 amide bonds. The molecule has 4 nitrogen and oxygen atoms in total. The predicted octanol–water partition coefficient (Wildman–Crippen LogP) is 4.22. The highest BCUT2D eigenvalue weighted by molar-refractivity contribution is 7.09. The maximum absolute atomic E-state index is 8.73. The van der Waals surface area contributed by atoms with E-state index in [0.717, 1.165) is 22.0 Å². The summed E-state index contributed by atoms with van der Waals surface area (Å²) in [5.74, 6) is 0.775. The number of nitrogens with zero attached hydrogens (tertiary/aromatic N) is 2. The minimum Gasteiger partial charge on any atom is -0.486 e. The van der Waals surface area contributed by atoms with E-state index in [0.29, 0.717) is 12.3 Å². The van der Waals surface area contributed by atoms with Crippen LogP contribution in [0.4, 0.5) is 0 Å². The van der Waals surface area contributed by atoms with Crippen LogP contribution in [0, 0.1) is 0 Å². The second-order valence-corrected chi connectivity index (χ2v) is 6.82. The van der Waals surface area contributed by atoms with E-state index in [4.69, 9.17) is 9.94 Å². The number of oxime groups is 1. The molecular weight excluding hydrogens is 284 g/mol. The van der Waals surface area contributed by atoms with Crippen LogP contribution in [0.5, 0.6) is 5.75 Å². The summed E-state index contributed by atoms with van der Waals surface area (Å²) in [6.07, 6.45) is 0. The molecule has 0 atom stereocenters. The summed E-state index contributed by atoms with van der Waals surface area (Å²) >= 11 is 1.62. The van der Waals surface area contributed by atoms with E-state index in [1.165, 1.54) is 0 Å². The van der Waals surface area contributed by atoms with Gasteiger partial charge in [0.05, 0.1) is 11.4 Å². The van der Waals surface area contributed by atoms with Crippen molar-refractivity contribution >= 4 is 17.0 Å². The highest BCUT2D eigenvalue weighted by atomic mass is 32.1. The molecule has 0 unspecified atom stereocenters. The molecule has 0 bridgehead atoms. The average Bonchev–Trinajstić information content (AvgIpc) is 2.94. The van der Waals surface area contributed by atoms with E-state index in [9.17, 15) is 0 Å². The Morgan fingerprint density at radius 3 is 2.48 bits per heavy atom. The molecule has 1 aromatic heterocycles. The van der Waals surface area contributed by atoms with Crippen molar-refractivity contribution in [3.63, 3.8) is 0 Å². The maximum atomic E-state index is 8.73. The topological polar surface area (TPSA) is 54.7 Å². The van der Waals surface area contributed by atoms with Gasteiger partial charge in [0.15, 0.2) is 0 Å². The Morgan fingerprint density at radius 1 is 1.29 bits per heavy atom. The van der Waals surface area contributed by atoms with Gasteiger partial charge in [-0.1, -0.05) is 25.9 Å². The number of rotatable bonds is 4. The van der Waals surface area contributed by atoms with Gasteiger partial charge in [-0.3, -0.25) is 0 Å². The Balaban J connectivity index is 1.98. The second kappa shape index (κ2) is 6.26. The third kappa shape index (κ3) is 4.04. The number of thiazole rings is 1. The lowest BCUT2D eigenvalue weighted by molar-refractivity contribution is 0.305. The molecule has 0 aliphatic carbocycles. The van der Waals surface area contributed by atoms with Crippen molar-refractivity contribution in [1.82, 2.24) is 4.98 Å². The number of aromatic nitrogens is 1. The van der Waals surface area contributed by atoms with Crippen molar-refractivity contribution < 1.29 is 9.94 Å². The average molecular weight is 304 g/mol. The summed E-state index contributed by atoms with van der Waals surface area (Å²) in [7, 11) is 0. The highest BCUT2D eigenvalue weighted by Gasteiger charge is 2.17. The second-order valence-electron chi connectivity index (χ2n) is 5.87. The van der Waals surface area contributed by atoms with Crippen molar-refractivity contribution in [1.29, 1.82) is 0 Å². The molecule has 21 heavy (non-hydrogen) atoms. The molecule has 0 radical (unpaired) electrons. The van der Waals surface area contributed by atoms with E-state index in [1.807, 2.05) is 24.3 Å². The van der Waals surface area contributed by atoms with Crippen molar-refractivity contribution in [3.8, 4) is 5.75 Å². The molecule has 0 aliphatic heterocycles. The van der Waals surface area contributed by atoms with E-state index in [2.05, 4.69) is 36.3 Å². The predicted molar refractivity (Wildman–Crippen MR) is 85.6 cm³/mol. The molecule has 1 N–H and O–H groups in total. The van der Waals surface area contributed by atoms with Crippen molar-refractivity contribution in [2.45, 2.75) is 39.7 Å². The van der Waals surface area contributed by atoms with Gasteiger partial charge in [0, 0.05) is 10.8 Å². The smallest absolute Gasteiger partial charge is 0.140 e. The third-order valence-corrected chi connectivity index (χ3v) is 3.93. The Kier molecular flexibility index (Phi) is 4.63. The Labute approximate surface area is 129 Å². The maximum Gasteiger partial charge on any atom is 0.140 e. The molecule has 0 saturated carbocycles. The first kappa shape index (κ1) is 15.5. The fourth-order valence-corrected chi connectivity index (χ4v) is 2.65. The van der Waals surface area contributed by atoms with Crippen LogP contribution in [-0.2, 0) is 12.0 Å². The molecule has 5 heteroatoms. The van der Waals surface area contributed by atoms with Crippen LogP contribution in [0.2, 0.25) is 0 Å². The zero-order valence-corrected chi connectivity index (χ0v) is 13.6. The largest absolute Gasteiger partial charge is 0.486 e. The lowest BCUT2D eigenvalue weighted by atomic mass is 9.93. The molecule has 112 valence electrons. The molecule has 1 aromatic carbocycles. The van der Waals surface area contributed by atoms with Crippen molar-refractivity contribution in [3.05, 3.63) is 45.9 Å². The van der Waals surface area contributed by atoms with E-state index >= 15 is 0 Å². The molecular formula is C16H20N2O2S. The van der Waals surface area contributed by atoms with Crippen LogP contribution >= 0.6 is 11.3 Å². The fourth-order valence-electron chi connectivity index (χ4n) is 1.72.